The predicted octanol–water partition coefficient (Wildman–Crippen LogP) is 4.39. The van der Waals surface area contributed by atoms with Gasteiger partial charge in [0, 0.05) is 12.3 Å². The van der Waals surface area contributed by atoms with Gasteiger partial charge >= 0.3 is 0 Å². The molecule has 1 atom stereocenters. The summed E-state index contributed by atoms with van der Waals surface area (Å²) in [7, 11) is 0. The first-order chi connectivity index (χ1) is 6.70. The molecule has 2 aliphatic carbocycles. The van der Waals surface area contributed by atoms with E-state index in [1.165, 1.54) is 19.3 Å². The molecule has 0 aromatic heterocycles. The average molecular weight is 202 g/mol. The number of rotatable bonds is 1. The summed E-state index contributed by atoms with van der Waals surface area (Å²) in [4.78, 5) is 0. The average Bonchev–Trinajstić information content (AvgIpc) is 2.18. The van der Waals surface area contributed by atoms with E-state index in [1.54, 1.807) is 0 Å². The molecule has 0 N–H and O–H groups in total. The third-order valence-electron chi connectivity index (χ3n) is 4.04. The first-order valence-electron chi connectivity index (χ1n) is 6.08. The van der Waals surface area contributed by atoms with E-state index in [0.717, 1.165) is 32.1 Å². The zero-order chi connectivity index (χ0) is 10.0. The molecule has 0 radical (unpaired) electrons. The zero-order valence-electron chi connectivity index (χ0n) is 8.77. The third-order valence-corrected chi connectivity index (χ3v) is 4.04. The molecule has 0 amide bonds. The Bertz CT molecular complexity index is 183. The van der Waals surface area contributed by atoms with Crippen LogP contribution in [0.2, 0.25) is 0 Å². The van der Waals surface area contributed by atoms with Crippen LogP contribution in [0.25, 0.3) is 0 Å². The molecule has 2 aliphatic rings. The van der Waals surface area contributed by atoms with Gasteiger partial charge < -0.3 is 0 Å². The maximum absolute atomic E-state index is 13.7. The second-order valence-corrected chi connectivity index (χ2v) is 5.01. The molecule has 0 heterocycles. The van der Waals surface area contributed by atoms with Crippen molar-refractivity contribution in [2.45, 2.75) is 63.7 Å². The second-order valence-electron chi connectivity index (χ2n) is 5.01. The summed E-state index contributed by atoms with van der Waals surface area (Å²) >= 11 is 0. The van der Waals surface area contributed by atoms with Gasteiger partial charge in [-0.05, 0) is 31.6 Å². The fourth-order valence-corrected chi connectivity index (χ4v) is 3.24. The Balaban J connectivity index is 1.99. The van der Waals surface area contributed by atoms with Gasteiger partial charge in [-0.15, -0.1) is 0 Å². The molecular weight excluding hydrogens is 182 g/mol. The van der Waals surface area contributed by atoms with Crippen LogP contribution in [0.15, 0.2) is 0 Å². The van der Waals surface area contributed by atoms with Crippen LogP contribution in [0.4, 0.5) is 8.78 Å². The highest BCUT2D eigenvalue weighted by Crippen LogP contribution is 2.46. The topological polar surface area (TPSA) is 0 Å². The molecule has 2 fully saturated rings. The number of alkyl halides is 2. The molecule has 2 rings (SSSR count). The SMILES string of the molecule is FC1(F)CCCCC1C1CCCCC1. The maximum Gasteiger partial charge on any atom is 0.251 e. The molecular formula is C12H20F2. The Morgan fingerprint density at radius 1 is 0.786 bits per heavy atom. The van der Waals surface area contributed by atoms with Crippen LogP contribution < -0.4 is 0 Å². The molecule has 1 unspecified atom stereocenters. The van der Waals surface area contributed by atoms with Crippen molar-refractivity contribution in [2.24, 2.45) is 11.8 Å². The molecule has 2 saturated carbocycles. The Labute approximate surface area is 85.1 Å². The quantitative estimate of drug-likeness (QED) is 0.591. The lowest BCUT2D eigenvalue weighted by atomic mass is 9.71. The van der Waals surface area contributed by atoms with Crippen molar-refractivity contribution >= 4 is 0 Å². The lowest BCUT2D eigenvalue weighted by Gasteiger charge is -2.38. The summed E-state index contributed by atoms with van der Waals surface area (Å²) in [6.45, 7) is 0. The standard InChI is InChI=1S/C12H20F2/c13-12(14)9-5-4-8-11(12)10-6-2-1-3-7-10/h10-11H,1-9H2. The molecule has 14 heavy (non-hydrogen) atoms. The van der Waals surface area contributed by atoms with Gasteiger partial charge in [0.15, 0.2) is 0 Å². The summed E-state index contributed by atoms with van der Waals surface area (Å²) in [5, 5.41) is 0. The van der Waals surface area contributed by atoms with Crippen LogP contribution in [0.1, 0.15) is 57.8 Å². The lowest BCUT2D eigenvalue weighted by molar-refractivity contribution is -0.111. The molecule has 0 bridgehead atoms. The second kappa shape index (κ2) is 4.16. The highest BCUT2D eigenvalue weighted by Gasteiger charge is 2.45. The van der Waals surface area contributed by atoms with Crippen molar-refractivity contribution in [1.82, 2.24) is 0 Å². The molecule has 0 aliphatic heterocycles. The lowest BCUT2D eigenvalue weighted by Crippen LogP contribution is -2.37. The number of halogens is 2. The van der Waals surface area contributed by atoms with E-state index in [4.69, 9.17) is 0 Å². The summed E-state index contributed by atoms with van der Waals surface area (Å²) in [5.74, 6) is -2.30. The van der Waals surface area contributed by atoms with Crippen molar-refractivity contribution in [3.05, 3.63) is 0 Å². The van der Waals surface area contributed by atoms with Gasteiger partial charge in [0.25, 0.3) is 5.92 Å². The fourth-order valence-electron chi connectivity index (χ4n) is 3.24. The minimum Gasteiger partial charge on any atom is -0.207 e. The van der Waals surface area contributed by atoms with Gasteiger partial charge in [-0.1, -0.05) is 25.7 Å². The van der Waals surface area contributed by atoms with Gasteiger partial charge in [0.05, 0.1) is 0 Å². The van der Waals surface area contributed by atoms with E-state index < -0.39 is 5.92 Å². The van der Waals surface area contributed by atoms with E-state index in [0.29, 0.717) is 5.92 Å². The molecule has 0 spiro atoms. The number of hydrogen-bond acceptors (Lipinski definition) is 0. The van der Waals surface area contributed by atoms with E-state index in [9.17, 15) is 8.78 Å². The first-order valence-corrected chi connectivity index (χ1v) is 6.08. The van der Waals surface area contributed by atoms with E-state index in [2.05, 4.69) is 0 Å². The number of hydrogen-bond donors (Lipinski definition) is 0. The van der Waals surface area contributed by atoms with Crippen molar-refractivity contribution < 1.29 is 8.78 Å². The Morgan fingerprint density at radius 2 is 1.43 bits per heavy atom. The van der Waals surface area contributed by atoms with Gasteiger partial charge in [-0.3, -0.25) is 0 Å². The van der Waals surface area contributed by atoms with Crippen molar-refractivity contribution in [1.29, 1.82) is 0 Å². The van der Waals surface area contributed by atoms with Crippen LogP contribution in [0.5, 0.6) is 0 Å². The first kappa shape index (κ1) is 10.4. The van der Waals surface area contributed by atoms with Crippen LogP contribution in [0, 0.1) is 11.8 Å². The van der Waals surface area contributed by atoms with Gasteiger partial charge in [0.2, 0.25) is 0 Å². The monoisotopic (exact) mass is 202 g/mol. The van der Waals surface area contributed by atoms with Gasteiger partial charge in [-0.25, -0.2) is 8.78 Å². The summed E-state index contributed by atoms with van der Waals surface area (Å²) in [6.07, 6.45) is 8.41. The van der Waals surface area contributed by atoms with Crippen LogP contribution in [-0.4, -0.2) is 5.92 Å². The fraction of sp³-hybridized carbons (Fsp3) is 1.00. The Hall–Kier alpha value is -0.140. The third kappa shape index (κ3) is 2.09. The summed E-state index contributed by atoms with van der Waals surface area (Å²) in [6, 6.07) is 0. The molecule has 0 aromatic rings. The minimum atomic E-state index is -2.35. The molecule has 0 aromatic carbocycles. The normalized spacial score (nSPS) is 34.3. The van der Waals surface area contributed by atoms with Crippen LogP contribution in [0.3, 0.4) is 0 Å². The molecule has 2 heteroatoms. The molecule has 0 saturated heterocycles. The largest absolute Gasteiger partial charge is 0.251 e. The van der Waals surface area contributed by atoms with Crippen molar-refractivity contribution in [3.8, 4) is 0 Å². The molecule has 0 nitrogen and oxygen atoms in total. The van der Waals surface area contributed by atoms with Crippen LogP contribution >= 0.6 is 0 Å². The zero-order valence-corrected chi connectivity index (χ0v) is 8.77. The van der Waals surface area contributed by atoms with E-state index in [-0.39, 0.29) is 12.3 Å². The van der Waals surface area contributed by atoms with E-state index >= 15 is 0 Å². The smallest absolute Gasteiger partial charge is 0.207 e. The maximum atomic E-state index is 13.7. The highest BCUT2D eigenvalue weighted by atomic mass is 19.3. The van der Waals surface area contributed by atoms with Crippen molar-refractivity contribution in [3.63, 3.8) is 0 Å². The summed E-state index contributed by atoms with van der Waals surface area (Å²) in [5.41, 5.74) is 0. The highest BCUT2D eigenvalue weighted by molar-refractivity contribution is 4.87. The molecule has 82 valence electrons. The minimum absolute atomic E-state index is 0.147. The van der Waals surface area contributed by atoms with Crippen LogP contribution in [-0.2, 0) is 0 Å². The van der Waals surface area contributed by atoms with Gasteiger partial charge in [0.1, 0.15) is 0 Å². The van der Waals surface area contributed by atoms with Crippen molar-refractivity contribution in [2.75, 3.05) is 0 Å². The van der Waals surface area contributed by atoms with E-state index in [1.807, 2.05) is 0 Å². The summed E-state index contributed by atoms with van der Waals surface area (Å²) < 4.78 is 27.3. The predicted molar refractivity (Wildman–Crippen MR) is 53.5 cm³/mol. The Morgan fingerprint density at radius 3 is 2.07 bits per heavy atom. The van der Waals surface area contributed by atoms with Gasteiger partial charge in [-0.2, -0.15) is 0 Å². The Kier molecular flexibility index (Phi) is 3.08.